The van der Waals surface area contributed by atoms with Crippen molar-refractivity contribution in [3.05, 3.63) is 53.1 Å². The summed E-state index contributed by atoms with van der Waals surface area (Å²) in [4.78, 5) is 24.1. The Morgan fingerprint density at radius 2 is 1.72 bits per heavy atom. The molecule has 0 fully saturated rings. The first-order valence-electron chi connectivity index (χ1n) is 7.71. The third-order valence-electron chi connectivity index (χ3n) is 3.76. The lowest BCUT2D eigenvalue weighted by atomic mass is 10.1. The first-order chi connectivity index (χ1) is 11.9. The molecule has 0 aliphatic carbocycles. The lowest BCUT2D eigenvalue weighted by Gasteiger charge is -2.12. The standard InChI is InChI=1S/C19H21NO5/c1-12-5-6-14(9-13(12)2)19(22)25-11-18(21)20-16-10-15(23-3)7-8-17(16)24-4/h5-10H,11H2,1-4H3,(H,20,21). The van der Waals surface area contributed by atoms with Gasteiger partial charge in [-0.2, -0.15) is 0 Å². The Hall–Kier alpha value is -3.02. The van der Waals surface area contributed by atoms with E-state index < -0.39 is 18.5 Å². The van der Waals surface area contributed by atoms with Crippen LogP contribution in [0.15, 0.2) is 36.4 Å². The molecule has 0 atom stereocenters. The molecule has 0 saturated carbocycles. The number of ether oxygens (including phenoxy) is 3. The Bertz CT molecular complexity index is 785. The van der Waals surface area contributed by atoms with Crippen molar-refractivity contribution in [2.45, 2.75) is 13.8 Å². The molecule has 0 aromatic heterocycles. The summed E-state index contributed by atoms with van der Waals surface area (Å²) in [6.45, 7) is 3.47. The highest BCUT2D eigenvalue weighted by Gasteiger charge is 2.13. The van der Waals surface area contributed by atoms with Crippen molar-refractivity contribution in [2.24, 2.45) is 0 Å². The maximum Gasteiger partial charge on any atom is 0.338 e. The van der Waals surface area contributed by atoms with Crippen molar-refractivity contribution in [3.63, 3.8) is 0 Å². The third kappa shape index (κ3) is 4.73. The number of amides is 1. The van der Waals surface area contributed by atoms with E-state index in [2.05, 4.69) is 5.32 Å². The lowest BCUT2D eigenvalue weighted by molar-refractivity contribution is -0.119. The van der Waals surface area contributed by atoms with Gasteiger partial charge in [0.15, 0.2) is 6.61 Å². The summed E-state index contributed by atoms with van der Waals surface area (Å²) in [7, 11) is 3.02. The quantitative estimate of drug-likeness (QED) is 0.816. The Kier molecular flexibility index (Phi) is 6.00. The minimum Gasteiger partial charge on any atom is -0.497 e. The van der Waals surface area contributed by atoms with Crippen LogP contribution in [-0.2, 0) is 9.53 Å². The van der Waals surface area contributed by atoms with Gasteiger partial charge in [0.2, 0.25) is 0 Å². The van der Waals surface area contributed by atoms with Crippen LogP contribution in [0.1, 0.15) is 21.5 Å². The zero-order chi connectivity index (χ0) is 18.4. The number of hydrogen-bond acceptors (Lipinski definition) is 5. The molecule has 0 aliphatic heterocycles. The van der Waals surface area contributed by atoms with Gasteiger partial charge in [-0.25, -0.2) is 4.79 Å². The van der Waals surface area contributed by atoms with Gasteiger partial charge in [0.1, 0.15) is 11.5 Å². The maximum absolute atomic E-state index is 12.1. The molecule has 2 rings (SSSR count). The van der Waals surface area contributed by atoms with Gasteiger partial charge in [0.05, 0.1) is 25.5 Å². The summed E-state index contributed by atoms with van der Waals surface area (Å²) in [5.41, 5.74) is 2.92. The molecule has 0 unspecified atom stereocenters. The van der Waals surface area contributed by atoms with Crippen LogP contribution in [0.3, 0.4) is 0 Å². The minimum absolute atomic E-state index is 0.397. The van der Waals surface area contributed by atoms with Crippen molar-refractivity contribution in [1.29, 1.82) is 0 Å². The van der Waals surface area contributed by atoms with E-state index in [1.54, 1.807) is 30.3 Å². The van der Waals surface area contributed by atoms with Gasteiger partial charge in [-0.15, -0.1) is 0 Å². The number of esters is 1. The van der Waals surface area contributed by atoms with E-state index >= 15 is 0 Å². The number of carbonyl (C=O) groups is 2. The fourth-order valence-corrected chi connectivity index (χ4v) is 2.18. The molecule has 6 heteroatoms. The summed E-state index contributed by atoms with van der Waals surface area (Å²) in [6.07, 6.45) is 0. The molecule has 0 spiro atoms. The van der Waals surface area contributed by atoms with Crippen molar-refractivity contribution in [3.8, 4) is 11.5 Å². The summed E-state index contributed by atoms with van der Waals surface area (Å²) in [5.74, 6) is 0.0393. The average Bonchev–Trinajstić information content (AvgIpc) is 2.61. The predicted molar refractivity (Wildman–Crippen MR) is 94.4 cm³/mol. The predicted octanol–water partition coefficient (Wildman–Crippen LogP) is 3.12. The number of carbonyl (C=O) groups excluding carboxylic acids is 2. The van der Waals surface area contributed by atoms with Crippen LogP contribution in [0.25, 0.3) is 0 Å². The summed E-state index contributed by atoms with van der Waals surface area (Å²) in [5, 5.41) is 2.64. The summed E-state index contributed by atoms with van der Waals surface area (Å²) < 4.78 is 15.4. The molecule has 6 nitrogen and oxygen atoms in total. The summed E-state index contributed by atoms with van der Waals surface area (Å²) >= 11 is 0. The second-order valence-corrected chi connectivity index (χ2v) is 5.49. The van der Waals surface area contributed by atoms with Crippen molar-refractivity contribution in [2.75, 3.05) is 26.1 Å². The normalized spacial score (nSPS) is 10.1. The summed E-state index contributed by atoms with van der Waals surface area (Å²) in [6, 6.07) is 10.3. The van der Waals surface area contributed by atoms with E-state index in [1.807, 2.05) is 19.9 Å². The van der Waals surface area contributed by atoms with Crippen LogP contribution in [0.4, 0.5) is 5.69 Å². The molecule has 0 saturated heterocycles. The van der Waals surface area contributed by atoms with Crippen LogP contribution in [0.2, 0.25) is 0 Å². The fraction of sp³-hybridized carbons (Fsp3) is 0.263. The Labute approximate surface area is 146 Å². The van der Waals surface area contributed by atoms with Crippen LogP contribution >= 0.6 is 0 Å². The van der Waals surface area contributed by atoms with Crippen molar-refractivity contribution in [1.82, 2.24) is 0 Å². The fourth-order valence-electron chi connectivity index (χ4n) is 2.18. The molecule has 0 bridgehead atoms. The molecule has 0 aliphatic rings. The van der Waals surface area contributed by atoms with Crippen LogP contribution in [0.5, 0.6) is 11.5 Å². The van der Waals surface area contributed by atoms with Gasteiger partial charge in [-0.05, 0) is 49.2 Å². The van der Waals surface area contributed by atoms with E-state index in [0.29, 0.717) is 22.7 Å². The highest BCUT2D eigenvalue weighted by atomic mass is 16.5. The molecular formula is C19H21NO5. The van der Waals surface area contributed by atoms with Gasteiger partial charge in [-0.1, -0.05) is 6.07 Å². The van der Waals surface area contributed by atoms with Gasteiger partial charge in [0, 0.05) is 6.07 Å². The Balaban J connectivity index is 1.98. The monoisotopic (exact) mass is 343 g/mol. The van der Waals surface area contributed by atoms with Gasteiger partial charge >= 0.3 is 5.97 Å². The largest absolute Gasteiger partial charge is 0.497 e. The number of anilines is 1. The van der Waals surface area contributed by atoms with Crippen LogP contribution in [-0.4, -0.2) is 32.7 Å². The van der Waals surface area contributed by atoms with Crippen LogP contribution < -0.4 is 14.8 Å². The van der Waals surface area contributed by atoms with E-state index in [1.165, 1.54) is 14.2 Å². The number of aryl methyl sites for hydroxylation is 2. The van der Waals surface area contributed by atoms with E-state index in [4.69, 9.17) is 14.2 Å². The first-order valence-corrected chi connectivity index (χ1v) is 7.71. The van der Waals surface area contributed by atoms with Crippen molar-refractivity contribution >= 4 is 17.6 Å². The van der Waals surface area contributed by atoms with E-state index in [9.17, 15) is 9.59 Å². The average molecular weight is 343 g/mol. The highest BCUT2D eigenvalue weighted by Crippen LogP contribution is 2.28. The minimum atomic E-state index is -0.546. The zero-order valence-electron chi connectivity index (χ0n) is 14.7. The molecule has 1 N–H and O–H groups in total. The SMILES string of the molecule is COc1ccc(OC)c(NC(=O)COC(=O)c2ccc(C)c(C)c2)c1. The Morgan fingerprint density at radius 1 is 0.960 bits per heavy atom. The second kappa shape index (κ2) is 8.19. The molecule has 0 radical (unpaired) electrons. The molecule has 2 aromatic rings. The second-order valence-electron chi connectivity index (χ2n) is 5.49. The molecule has 132 valence electrons. The lowest BCUT2D eigenvalue weighted by Crippen LogP contribution is -2.21. The number of rotatable bonds is 6. The third-order valence-corrected chi connectivity index (χ3v) is 3.76. The van der Waals surface area contributed by atoms with Gasteiger partial charge < -0.3 is 19.5 Å². The molecule has 25 heavy (non-hydrogen) atoms. The maximum atomic E-state index is 12.1. The number of nitrogens with one attached hydrogen (secondary N) is 1. The number of hydrogen-bond donors (Lipinski definition) is 1. The first kappa shape index (κ1) is 18.3. The van der Waals surface area contributed by atoms with E-state index in [-0.39, 0.29) is 0 Å². The van der Waals surface area contributed by atoms with Crippen molar-refractivity contribution < 1.29 is 23.8 Å². The molecule has 1 amide bonds. The Morgan fingerprint density at radius 3 is 2.36 bits per heavy atom. The topological polar surface area (TPSA) is 73.9 Å². The number of benzene rings is 2. The van der Waals surface area contributed by atoms with Crippen LogP contribution in [0, 0.1) is 13.8 Å². The molecule has 0 heterocycles. The smallest absolute Gasteiger partial charge is 0.338 e. The molecule has 2 aromatic carbocycles. The van der Waals surface area contributed by atoms with Gasteiger partial charge in [-0.3, -0.25) is 4.79 Å². The number of methoxy groups -OCH3 is 2. The molecular weight excluding hydrogens is 322 g/mol. The zero-order valence-corrected chi connectivity index (χ0v) is 14.7. The van der Waals surface area contributed by atoms with Gasteiger partial charge in [0.25, 0.3) is 5.91 Å². The van der Waals surface area contributed by atoms with E-state index in [0.717, 1.165) is 11.1 Å². The highest BCUT2D eigenvalue weighted by molar-refractivity contribution is 5.96.